The fourth-order valence-corrected chi connectivity index (χ4v) is 3.83. The topological polar surface area (TPSA) is 63.4 Å². The Kier molecular flexibility index (Phi) is 2.92. The fourth-order valence-electron chi connectivity index (χ4n) is 3.83. The molecule has 1 saturated heterocycles. The Hall–Kier alpha value is -2.90. The van der Waals surface area contributed by atoms with Crippen molar-refractivity contribution in [3.8, 4) is 0 Å². The Morgan fingerprint density at radius 2 is 2.16 bits per heavy atom. The van der Waals surface area contributed by atoms with Crippen molar-refractivity contribution in [1.82, 2.24) is 19.6 Å². The summed E-state index contributed by atoms with van der Waals surface area (Å²) < 4.78 is 29.4. The Balaban J connectivity index is 1.61. The molecule has 3 atom stereocenters. The second kappa shape index (κ2) is 5.05. The minimum Gasteiger partial charge on any atom is -0.333 e. The monoisotopic (exact) mass is 341 g/mol. The summed E-state index contributed by atoms with van der Waals surface area (Å²) in [6.45, 7) is 0.687. The molecule has 1 aliphatic carbocycles. The van der Waals surface area contributed by atoms with Gasteiger partial charge in [0.1, 0.15) is 18.0 Å². The standard InChI is InChI=1S/C17H13F2N5O/c18-11-1-2-14(19)13(4-11)15-12-3-9(12)6-23(15)17-20-8-24-16(22-17)10(7-25)5-21-24/h1-2,4-5,7-9,12,15H,3,6H2/t9?,12?,15-/m1/s1. The van der Waals surface area contributed by atoms with Gasteiger partial charge >= 0.3 is 0 Å². The molecule has 0 amide bonds. The van der Waals surface area contributed by atoms with Crippen LogP contribution in [0.3, 0.4) is 0 Å². The van der Waals surface area contributed by atoms with Gasteiger partial charge in [-0.05, 0) is 36.5 Å². The number of carbonyl (C=O) groups excluding carboxylic acids is 1. The molecular formula is C17H13F2N5O. The molecule has 1 saturated carbocycles. The van der Waals surface area contributed by atoms with Crippen LogP contribution in [0, 0.1) is 23.5 Å². The molecule has 2 aliphatic rings. The summed E-state index contributed by atoms with van der Waals surface area (Å²) in [5.41, 5.74) is 1.10. The van der Waals surface area contributed by atoms with Crippen LogP contribution in [0.1, 0.15) is 28.4 Å². The Bertz CT molecular complexity index is 1000. The van der Waals surface area contributed by atoms with Gasteiger partial charge in [0.25, 0.3) is 0 Å². The predicted molar refractivity (Wildman–Crippen MR) is 84.2 cm³/mol. The maximum Gasteiger partial charge on any atom is 0.229 e. The molecule has 0 radical (unpaired) electrons. The minimum atomic E-state index is -0.462. The number of aldehydes is 1. The summed E-state index contributed by atoms with van der Waals surface area (Å²) in [6.07, 6.45) is 4.58. The van der Waals surface area contributed by atoms with E-state index in [1.54, 1.807) is 0 Å². The SMILES string of the molecule is O=Cc1cnn2cnc(N3CC4CC4[C@@H]3c3cc(F)ccc3F)nc12. The van der Waals surface area contributed by atoms with E-state index in [2.05, 4.69) is 15.1 Å². The van der Waals surface area contributed by atoms with Crippen molar-refractivity contribution in [3.05, 3.63) is 53.5 Å². The van der Waals surface area contributed by atoms with Crippen LogP contribution in [0.15, 0.2) is 30.7 Å². The third-order valence-electron chi connectivity index (χ3n) is 5.10. The largest absolute Gasteiger partial charge is 0.333 e. The van der Waals surface area contributed by atoms with E-state index in [-0.39, 0.29) is 12.0 Å². The second-order valence-corrected chi connectivity index (χ2v) is 6.56. The average Bonchev–Trinajstić information content (AvgIpc) is 3.11. The van der Waals surface area contributed by atoms with E-state index >= 15 is 0 Å². The van der Waals surface area contributed by atoms with Gasteiger partial charge in [-0.1, -0.05) is 0 Å². The van der Waals surface area contributed by atoms with E-state index in [1.165, 1.54) is 23.1 Å². The normalized spacial score (nSPS) is 24.6. The van der Waals surface area contributed by atoms with Gasteiger partial charge in [0.2, 0.25) is 5.95 Å². The average molecular weight is 341 g/mol. The molecule has 2 fully saturated rings. The summed E-state index contributed by atoms with van der Waals surface area (Å²) in [6, 6.07) is 3.23. The molecule has 2 aromatic heterocycles. The zero-order valence-electron chi connectivity index (χ0n) is 13.0. The van der Waals surface area contributed by atoms with Crippen molar-refractivity contribution in [2.75, 3.05) is 11.4 Å². The highest BCUT2D eigenvalue weighted by Crippen LogP contribution is 2.57. The van der Waals surface area contributed by atoms with Crippen LogP contribution in [0.4, 0.5) is 14.7 Å². The molecule has 5 rings (SSSR count). The lowest BCUT2D eigenvalue weighted by atomic mass is 10.0. The first kappa shape index (κ1) is 14.4. The fraction of sp³-hybridized carbons (Fsp3) is 0.294. The lowest BCUT2D eigenvalue weighted by Crippen LogP contribution is -2.29. The van der Waals surface area contributed by atoms with Gasteiger partial charge in [-0.3, -0.25) is 4.79 Å². The van der Waals surface area contributed by atoms with Gasteiger partial charge in [0.15, 0.2) is 11.9 Å². The lowest BCUT2D eigenvalue weighted by molar-refractivity contribution is 0.112. The number of rotatable bonds is 3. The molecule has 126 valence electrons. The zero-order chi connectivity index (χ0) is 17.1. The third kappa shape index (κ3) is 2.13. The van der Waals surface area contributed by atoms with Gasteiger partial charge in [0, 0.05) is 12.1 Å². The number of piperidine rings is 1. The quantitative estimate of drug-likeness (QED) is 0.685. The third-order valence-corrected chi connectivity index (χ3v) is 5.10. The van der Waals surface area contributed by atoms with Crippen LogP contribution < -0.4 is 4.90 Å². The van der Waals surface area contributed by atoms with Crippen LogP contribution >= 0.6 is 0 Å². The van der Waals surface area contributed by atoms with Gasteiger partial charge < -0.3 is 4.90 Å². The first-order chi connectivity index (χ1) is 12.2. The van der Waals surface area contributed by atoms with Gasteiger partial charge in [-0.15, -0.1) is 0 Å². The molecule has 8 heteroatoms. The van der Waals surface area contributed by atoms with Crippen molar-refractivity contribution in [2.45, 2.75) is 12.5 Å². The van der Waals surface area contributed by atoms with E-state index < -0.39 is 11.6 Å². The van der Waals surface area contributed by atoms with Crippen molar-refractivity contribution in [3.63, 3.8) is 0 Å². The highest BCUT2D eigenvalue weighted by atomic mass is 19.1. The molecule has 25 heavy (non-hydrogen) atoms. The summed E-state index contributed by atoms with van der Waals surface area (Å²) >= 11 is 0. The number of halogens is 2. The summed E-state index contributed by atoms with van der Waals surface area (Å²) in [5, 5.41) is 4.02. The number of nitrogens with zero attached hydrogens (tertiary/aromatic N) is 5. The number of benzene rings is 1. The maximum atomic E-state index is 14.3. The number of aromatic nitrogens is 4. The van der Waals surface area contributed by atoms with Crippen LogP contribution in [-0.4, -0.2) is 32.4 Å². The van der Waals surface area contributed by atoms with Crippen LogP contribution in [0.5, 0.6) is 0 Å². The van der Waals surface area contributed by atoms with E-state index in [4.69, 9.17) is 0 Å². The van der Waals surface area contributed by atoms with Gasteiger partial charge in [-0.2, -0.15) is 10.1 Å². The highest BCUT2D eigenvalue weighted by Gasteiger charge is 2.54. The summed E-state index contributed by atoms with van der Waals surface area (Å²) in [7, 11) is 0. The number of fused-ring (bicyclic) bond motifs is 2. The number of carbonyl (C=O) groups is 1. The molecule has 1 aromatic carbocycles. The first-order valence-corrected chi connectivity index (χ1v) is 8.03. The molecule has 1 aliphatic heterocycles. The van der Waals surface area contributed by atoms with Crippen LogP contribution in [0.25, 0.3) is 5.65 Å². The van der Waals surface area contributed by atoms with Crippen molar-refractivity contribution in [1.29, 1.82) is 0 Å². The Morgan fingerprint density at radius 1 is 1.28 bits per heavy atom. The van der Waals surface area contributed by atoms with Gasteiger partial charge in [-0.25, -0.2) is 18.3 Å². The molecule has 3 aromatic rings. The molecular weight excluding hydrogens is 328 g/mol. The van der Waals surface area contributed by atoms with E-state index in [0.717, 1.165) is 18.6 Å². The number of anilines is 1. The van der Waals surface area contributed by atoms with E-state index in [9.17, 15) is 13.6 Å². The second-order valence-electron chi connectivity index (χ2n) is 6.56. The molecule has 6 nitrogen and oxygen atoms in total. The smallest absolute Gasteiger partial charge is 0.229 e. The predicted octanol–water partition coefficient (Wildman–Crippen LogP) is 2.41. The lowest BCUT2D eigenvalue weighted by Gasteiger charge is -2.28. The minimum absolute atomic E-state index is 0.270. The number of hydrogen-bond donors (Lipinski definition) is 0. The maximum absolute atomic E-state index is 14.3. The number of hydrogen-bond acceptors (Lipinski definition) is 5. The van der Waals surface area contributed by atoms with Crippen molar-refractivity contribution in [2.24, 2.45) is 11.8 Å². The van der Waals surface area contributed by atoms with Crippen LogP contribution in [-0.2, 0) is 0 Å². The molecule has 0 bridgehead atoms. The van der Waals surface area contributed by atoms with Crippen LogP contribution in [0.2, 0.25) is 0 Å². The summed E-state index contributed by atoms with van der Waals surface area (Å²) in [4.78, 5) is 21.8. The van der Waals surface area contributed by atoms with E-state index in [1.807, 2.05) is 4.90 Å². The molecule has 0 N–H and O–H groups in total. The molecule has 3 heterocycles. The Morgan fingerprint density at radius 3 is 3.00 bits per heavy atom. The Labute approximate surface area is 141 Å². The summed E-state index contributed by atoms with van der Waals surface area (Å²) in [5.74, 6) is 0.213. The zero-order valence-corrected chi connectivity index (χ0v) is 13.0. The molecule has 2 unspecified atom stereocenters. The first-order valence-electron chi connectivity index (χ1n) is 8.03. The van der Waals surface area contributed by atoms with Crippen molar-refractivity contribution < 1.29 is 13.6 Å². The molecule has 0 spiro atoms. The highest BCUT2D eigenvalue weighted by molar-refractivity contribution is 5.83. The van der Waals surface area contributed by atoms with E-state index in [0.29, 0.717) is 41.5 Å². The van der Waals surface area contributed by atoms with Gasteiger partial charge in [0.05, 0.1) is 17.8 Å². The van der Waals surface area contributed by atoms with Crippen molar-refractivity contribution >= 4 is 17.9 Å².